The van der Waals surface area contributed by atoms with Crippen molar-refractivity contribution in [2.45, 2.75) is 52.5 Å². The van der Waals surface area contributed by atoms with Crippen molar-refractivity contribution in [3.8, 4) is 0 Å². The van der Waals surface area contributed by atoms with Crippen molar-refractivity contribution >= 4 is 5.97 Å². The average molecular weight is 257 g/mol. The highest BCUT2D eigenvalue weighted by Crippen LogP contribution is 2.26. The number of carbonyl (C=O) groups is 1. The average Bonchev–Trinajstić information content (AvgIpc) is 2.37. The molecule has 1 rings (SSSR count). The van der Waals surface area contributed by atoms with Crippen LogP contribution in [0.3, 0.4) is 0 Å². The summed E-state index contributed by atoms with van der Waals surface area (Å²) in [7, 11) is 0. The lowest BCUT2D eigenvalue weighted by Gasteiger charge is -2.31. The highest BCUT2D eigenvalue weighted by molar-refractivity contribution is 5.72. The van der Waals surface area contributed by atoms with Crippen LogP contribution in [0.4, 0.5) is 0 Å². The van der Waals surface area contributed by atoms with Crippen LogP contribution in [0.25, 0.3) is 0 Å². The van der Waals surface area contributed by atoms with Crippen molar-refractivity contribution in [3.05, 3.63) is 0 Å². The molecule has 1 fully saturated rings. The first-order valence-electron chi connectivity index (χ1n) is 6.99. The van der Waals surface area contributed by atoms with Gasteiger partial charge in [0.15, 0.2) is 0 Å². The maximum Gasteiger partial charge on any atom is 0.308 e. The van der Waals surface area contributed by atoms with E-state index in [9.17, 15) is 9.90 Å². The van der Waals surface area contributed by atoms with Crippen LogP contribution < -0.4 is 5.32 Å². The highest BCUT2D eigenvalue weighted by atomic mass is 16.5. The van der Waals surface area contributed by atoms with Crippen molar-refractivity contribution in [2.24, 2.45) is 11.3 Å². The van der Waals surface area contributed by atoms with Crippen molar-refractivity contribution in [1.82, 2.24) is 5.32 Å². The third-order valence-corrected chi connectivity index (χ3v) is 3.64. The first kappa shape index (κ1) is 15.4. The second-order valence-corrected chi connectivity index (χ2v) is 6.00. The second kappa shape index (κ2) is 7.10. The van der Waals surface area contributed by atoms with E-state index in [2.05, 4.69) is 5.32 Å². The lowest BCUT2D eigenvalue weighted by molar-refractivity contribution is -0.149. The van der Waals surface area contributed by atoms with Crippen LogP contribution in [-0.4, -0.2) is 36.9 Å². The summed E-state index contributed by atoms with van der Waals surface area (Å²) in [6.07, 6.45) is 3.86. The monoisotopic (exact) mass is 257 g/mol. The first-order valence-corrected chi connectivity index (χ1v) is 6.99. The van der Waals surface area contributed by atoms with E-state index in [4.69, 9.17) is 4.74 Å². The van der Waals surface area contributed by atoms with E-state index in [1.807, 2.05) is 20.8 Å². The summed E-state index contributed by atoms with van der Waals surface area (Å²) in [4.78, 5) is 11.6. The van der Waals surface area contributed by atoms with Crippen molar-refractivity contribution in [1.29, 1.82) is 0 Å². The summed E-state index contributed by atoms with van der Waals surface area (Å²) < 4.78 is 5.06. The Bertz CT molecular complexity index is 258. The molecule has 1 aliphatic carbocycles. The summed E-state index contributed by atoms with van der Waals surface area (Å²) in [5, 5.41) is 12.7. The molecule has 0 aliphatic heterocycles. The summed E-state index contributed by atoms with van der Waals surface area (Å²) in [6, 6.07) is 0.474. The fraction of sp³-hybridized carbons (Fsp3) is 0.929. The highest BCUT2D eigenvalue weighted by Gasteiger charge is 2.28. The molecule has 0 heterocycles. The van der Waals surface area contributed by atoms with Crippen molar-refractivity contribution < 1.29 is 14.6 Å². The molecule has 0 saturated heterocycles. The Morgan fingerprint density at radius 1 is 1.33 bits per heavy atom. The van der Waals surface area contributed by atoms with E-state index in [1.165, 1.54) is 0 Å². The third kappa shape index (κ3) is 4.94. The smallest absolute Gasteiger partial charge is 0.308 e. The van der Waals surface area contributed by atoms with Gasteiger partial charge in [0.25, 0.3) is 0 Å². The maximum absolute atomic E-state index is 11.6. The van der Waals surface area contributed by atoms with Gasteiger partial charge in [0.1, 0.15) is 0 Å². The lowest BCUT2D eigenvalue weighted by Crippen LogP contribution is -2.41. The fourth-order valence-corrected chi connectivity index (χ4v) is 2.27. The van der Waals surface area contributed by atoms with Gasteiger partial charge >= 0.3 is 5.97 Å². The number of rotatable bonds is 6. The molecule has 0 spiro atoms. The second-order valence-electron chi connectivity index (χ2n) is 6.00. The molecule has 0 unspecified atom stereocenters. The third-order valence-electron chi connectivity index (χ3n) is 3.64. The lowest BCUT2D eigenvalue weighted by atomic mass is 9.85. The van der Waals surface area contributed by atoms with Crippen LogP contribution >= 0.6 is 0 Å². The van der Waals surface area contributed by atoms with Crippen molar-refractivity contribution in [2.75, 3.05) is 19.8 Å². The van der Waals surface area contributed by atoms with Crippen LogP contribution in [0.5, 0.6) is 0 Å². The molecule has 0 aromatic rings. The number of aliphatic hydroxyl groups excluding tert-OH is 1. The molecule has 4 nitrogen and oxygen atoms in total. The standard InChI is InChI=1S/C14H27NO3/c1-4-18-13(17)11-5-7-12(8-6-11)15-9-14(2,3)10-16/h11-12,15-16H,4-10H2,1-3H3. The zero-order valence-corrected chi connectivity index (χ0v) is 11.9. The number of nitrogens with one attached hydrogen (secondary N) is 1. The van der Waals surface area contributed by atoms with E-state index in [0.29, 0.717) is 12.6 Å². The van der Waals surface area contributed by atoms with Crippen molar-refractivity contribution in [3.63, 3.8) is 0 Å². The molecular formula is C14H27NO3. The van der Waals surface area contributed by atoms with Gasteiger partial charge in [-0.25, -0.2) is 0 Å². The predicted molar refractivity (Wildman–Crippen MR) is 71.2 cm³/mol. The number of carbonyl (C=O) groups excluding carboxylic acids is 1. The van der Waals surface area contributed by atoms with Gasteiger partial charge in [-0.2, -0.15) is 0 Å². The minimum Gasteiger partial charge on any atom is -0.466 e. The SMILES string of the molecule is CCOC(=O)C1CCC(NCC(C)(C)CO)CC1. The van der Waals surface area contributed by atoms with E-state index >= 15 is 0 Å². The van der Waals surface area contributed by atoms with E-state index in [1.54, 1.807) is 0 Å². The van der Waals surface area contributed by atoms with Gasteiger partial charge in [-0.15, -0.1) is 0 Å². The summed E-state index contributed by atoms with van der Waals surface area (Å²) in [5.74, 6) is 0.0560. The minimum atomic E-state index is -0.0714. The Morgan fingerprint density at radius 3 is 2.44 bits per heavy atom. The molecule has 106 valence electrons. The molecule has 4 heteroatoms. The largest absolute Gasteiger partial charge is 0.466 e. The fourth-order valence-electron chi connectivity index (χ4n) is 2.27. The molecule has 1 aliphatic rings. The zero-order chi connectivity index (χ0) is 13.6. The van der Waals surface area contributed by atoms with Gasteiger partial charge in [0, 0.05) is 24.6 Å². The van der Waals surface area contributed by atoms with Gasteiger partial charge in [-0.3, -0.25) is 4.79 Å². The quantitative estimate of drug-likeness (QED) is 0.711. The molecule has 0 bridgehead atoms. The number of ether oxygens (including phenoxy) is 1. The molecule has 1 saturated carbocycles. The maximum atomic E-state index is 11.6. The zero-order valence-electron chi connectivity index (χ0n) is 11.9. The van der Waals surface area contributed by atoms with Gasteiger partial charge in [0.05, 0.1) is 12.5 Å². The summed E-state index contributed by atoms with van der Waals surface area (Å²) >= 11 is 0. The Morgan fingerprint density at radius 2 is 1.94 bits per heavy atom. The van der Waals surface area contributed by atoms with E-state index in [-0.39, 0.29) is 23.9 Å². The van der Waals surface area contributed by atoms with Gasteiger partial charge in [-0.1, -0.05) is 13.8 Å². The first-order chi connectivity index (χ1) is 8.48. The Labute approximate surface area is 110 Å². The Balaban J connectivity index is 2.25. The summed E-state index contributed by atoms with van der Waals surface area (Å²) in [5.41, 5.74) is -0.0714. The number of hydrogen-bond acceptors (Lipinski definition) is 4. The van der Waals surface area contributed by atoms with E-state index in [0.717, 1.165) is 32.2 Å². The number of hydrogen-bond donors (Lipinski definition) is 2. The van der Waals surface area contributed by atoms with Gasteiger partial charge in [-0.05, 0) is 32.6 Å². The predicted octanol–water partition coefficient (Wildman–Crippen LogP) is 1.72. The van der Waals surface area contributed by atoms with Gasteiger partial charge < -0.3 is 15.2 Å². The minimum absolute atomic E-state index is 0.0355. The van der Waals surface area contributed by atoms with Crippen LogP contribution in [0.1, 0.15) is 46.5 Å². The molecule has 18 heavy (non-hydrogen) atoms. The van der Waals surface area contributed by atoms with Crippen LogP contribution in [0.15, 0.2) is 0 Å². The molecule has 0 amide bonds. The molecule has 0 aromatic heterocycles. The topological polar surface area (TPSA) is 58.6 Å². The number of esters is 1. The Kier molecular flexibility index (Phi) is 6.09. The summed E-state index contributed by atoms with van der Waals surface area (Å²) in [6.45, 7) is 7.43. The van der Waals surface area contributed by atoms with Crippen LogP contribution in [-0.2, 0) is 9.53 Å². The van der Waals surface area contributed by atoms with E-state index < -0.39 is 0 Å². The molecule has 0 radical (unpaired) electrons. The normalized spacial score (nSPS) is 24.9. The van der Waals surface area contributed by atoms with Gasteiger partial charge in [0.2, 0.25) is 0 Å². The van der Waals surface area contributed by atoms with Crippen LogP contribution in [0, 0.1) is 11.3 Å². The Hall–Kier alpha value is -0.610. The number of aliphatic hydroxyl groups is 1. The molecule has 0 aromatic carbocycles. The molecule has 2 N–H and O–H groups in total. The molecule has 0 atom stereocenters. The van der Waals surface area contributed by atoms with Crippen LogP contribution in [0.2, 0.25) is 0 Å². The molecular weight excluding hydrogens is 230 g/mol.